The average Bonchev–Trinajstić information content (AvgIpc) is 2.51. The van der Waals surface area contributed by atoms with E-state index in [0.717, 1.165) is 6.07 Å². The third kappa shape index (κ3) is 4.77. The summed E-state index contributed by atoms with van der Waals surface area (Å²) in [5, 5.41) is 2.19. The summed E-state index contributed by atoms with van der Waals surface area (Å²) in [4.78, 5) is 22.2. The number of halogens is 2. The van der Waals surface area contributed by atoms with Gasteiger partial charge in [-0.25, -0.2) is 8.78 Å². The van der Waals surface area contributed by atoms with Crippen molar-refractivity contribution in [1.82, 2.24) is 5.32 Å². The normalized spacial score (nSPS) is 10.2. The van der Waals surface area contributed by atoms with Crippen LogP contribution in [0.25, 0.3) is 0 Å². The van der Waals surface area contributed by atoms with Crippen LogP contribution in [-0.4, -0.2) is 18.4 Å². The Labute approximate surface area is 131 Å². The lowest BCUT2D eigenvalue weighted by Gasteiger charge is -2.09. The lowest BCUT2D eigenvalue weighted by molar-refractivity contribution is -0.117. The zero-order chi connectivity index (χ0) is 16.8. The van der Waals surface area contributed by atoms with Crippen molar-refractivity contribution in [3.8, 4) is 5.75 Å². The van der Waals surface area contributed by atoms with E-state index in [1.54, 1.807) is 12.1 Å². The first-order valence-electron chi connectivity index (χ1n) is 6.69. The minimum atomic E-state index is -0.802. The molecule has 0 spiro atoms. The van der Waals surface area contributed by atoms with Gasteiger partial charge in [0.15, 0.2) is 0 Å². The number of amides is 2. The molecule has 0 aliphatic rings. The molecular weight excluding hydrogens is 306 g/mol. The largest absolute Gasteiger partial charge is 0.489 e. The predicted octanol–water partition coefficient (Wildman–Crippen LogP) is 1.76. The van der Waals surface area contributed by atoms with Gasteiger partial charge in [0.2, 0.25) is 5.91 Å². The van der Waals surface area contributed by atoms with Crippen LogP contribution < -0.4 is 15.8 Å². The first-order chi connectivity index (χ1) is 11.0. The summed E-state index contributed by atoms with van der Waals surface area (Å²) in [6.45, 7) is -0.319. The third-order valence-electron chi connectivity index (χ3n) is 2.90. The summed E-state index contributed by atoms with van der Waals surface area (Å²) in [5.41, 5.74) is 5.25. The molecular formula is C16H14F2N2O3. The van der Waals surface area contributed by atoms with Crippen molar-refractivity contribution >= 4 is 11.8 Å². The summed E-state index contributed by atoms with van der Waals surface area (Å²) >= 11 is 0. The molecule has 2 rings (SSSR count). The number of hydrogen-bond donors (Lipinski definition) is 2. The molecule has 0 aliphatic carbocycles. The molecule has 5 nitrogen and oxygen atoms in total. The Bertz CT molecular complexity index is 735. The average molecular weight is 320 g/mol. The zero-order valence-corrected chi connectivity index (χ0v) is 12.0. The highest BCUT2D eigenvalue weighted by Gasteiger charge is 2.13. The van der Waals surface area contributed by atoms with Gasteiger partial charge >= 0.3 is 0 Å². The van der Waals surface area contributed by atoms with Crippen LogP contribution in [0, 0.1) is 11.6 Å². The van der Waals surface area contributed by atoms with Crippen LogP contribution >= 0.6 is 0 Å². The second kappa shape index (κ2) is 7.35. The Morgan fingerprint density at radius 3 is 2.57 bits per heavy atom. The molecule has 23 heavy (non-hydrogen) atoms. The molecule has 0 aromatic heterocycles. The minimum absolute atomic E-state index is 0.0599. The van der Waals surface area contributed by atoms with Crippen molar-refractivity contribution in [2.75, 3.05) is 6.54 Å². The van der Waals surface area contributed by atoms with E-state index < -0.39 is 23.4 Å². The molecule has 3 N–H and O–H groups in total. The van der Waals surface area contributed by atoms with Crippen LogP contribution in [0.2, 0.25) is 0 Å². The van der Waals surface area contributed by atoms with Crippen LogP contribution in [0.5, 0.6) is 5.75 Å². The number of rotatable bonds is 6. The summed E-state index contributed by atoms with van der Waals surface area (Å²) in [6, 6.07) is 9.50. The van der Waals surface area contributed by atoms with E-state index >= 15 is 0 Å². The van der Waals surface area contributed by atoms with Gasteiger partial charge in [-0.3, -0.25) is 9.59 Å². The van der Waals surface area contributed by atoms with Crippen LogP contribution in [0.1, 0.15) is 15.9 Å². The minimum Gasteiger partial charge on any atom is -0.489 e. The number of benzene rings is 2. The molecule has 0 bridgehead atoms. The zero-order valence-electron chi connectivity index (χ0n) is 12.0. The van der Waals surface area contributed by atoms with Gasteiger partial charge < -0.3 is 15.8 Å². The van der Waals surface area contributed by atoms with E-state index in [0.29, 0.717) is 5.56 Å². The molecule has 0 fully saturated rings. The quantitative estimate of drug-likeness (QED) is 0.851. The summed E-state index contributed by atoms with van der Waals surface area (Å²) in [6.07, 6.45) is 0. The van der Waals surface area contributed by atoms with Crippen molar-refractivity contribution in [3.05, 3.63) is 65.2 Å². The Hall–Kier alpha value is -2.96. The molecule has 0 saturated heterocycles. The van der Waals surface area contributed by atoms with Crippen LogP contribution in [0.3, 0.4) is 0 Å². The summed E-state index contributed by atoms with van der Waals surface area (Å²) in [5.74, 6) is -2.48. The van der Waals surface area contributed by atoms with Crippen LogP contribution in [-0.2, 0) is 11.4 Å². The highest BCUT2D eigenvalue weighted by Crippen LogP contribution is 2.18. The number of ether oxygens (including phenoxy) is 1. The van der Waals surface area contributed by atoms with E-state index in [1.807, 2.05) is 0 Å². The van der Waals surface area contributed by atoms with Gasteiger partial charge in [-0.2, -0.15) is 0 Å². The molecule has 0 radical (unpaired) electrons. The fourth-order valence-corrected chi connectivity index (χ4v) is 1.83. The van der Waals surface area contributed by atoms with Crippen molar-refractivity contribution in [2.24, 2.45) is 5.73 Å². The van der Waals surface area contributed by atoms with Crippen molar-refractivity contribution < 1.29 is 23.1 Å². The van der Waals surface area contributed by atoms with Gasteiger partial charge in [-0.05, 0) is 29.8 Å². The molecule has 120 valence electrons. The number of nitrogens with two attached hydrogens (primary N) is 1. The highest BCUT2D eigenvalue weighted by atomic mass is 19.1. The Kier molecular flexibility index (Phi) is 5.24. The summed E-state index contributed by atoms with van der Waals surface area (Å²) in [7, 11) is 0. The maximum Gasteiger partial charge on any atom is 0.254 e. The SMILES string of the molecule is NC(=O)CNC(=O)c1ccc(OCc2cccc(F)c2)cc1F. The van der Waals surface area contributed by atoms with Gasteiger partial charge in [-0.15, -0.1) is 0 Å². The van der Waals surface area contributed by atoms with E-state index in [1.165, 1.54) is 24.3 Å². The highest BCUT2D eigenvalue weighted by molar-refractivity contribution is 5.96. The molecule has 2 aromatic rings. The van der Waals surface area contributed by atoms with Gasteiger partial charge in [0.05, 0.1) is 12.1 Å². The molecule has 2 amide bonds. The number of primary amides is 1. The lowest BCUT2D eigenvalue weighted by Crippen LogP contribution is -2.33. The smallest absolute Gasteiger partial charge is 0.254 e. The topological polar surface area (TPSA) is 81.4 Å². The van der Waals surface area contributed by atoms with E-state index in [4.69, 9.17) is 10.5 Å². The predicted molar refractivity (Wildman–Crippen MR) is 78.7 cm³/mol. The molecule has 0 aliphatic heterocycles. The number of carbonyl (C=O) groups excluding carboxylic acids is 2. The Morgan fingerprint density at radius 1 is 1.13 bits per heavy atom. The lowest BCUT2D eigenvalue weighted by atomic mass is 10.2. The first kappa shape index (κ1) is 16.4. The maximum absolute atomic E-state index is 13.9. The van der Waals surface area contributed by atoms with Gasteiger partial charge in [0.25, 0.3) is 5.91 Å². The van der Waals surface area contributed by atoms with Gasteiger partial charge in [-0.1, -0.05) is 12.1 Å². The maximum atomic E-state index is 13.9. The number of nitrogens with one attached hydrogen (secondary N) is 1. The second-order valence-corrected chi connectivity index (χ2v) is 4.71. The van der Waals surface area contributed by atoms with Crippen molar-refractivity contribution in [2.45, 2.75) is 6.61 Å². The molecule has 2 aromatic carbocycles. The fourth-order valence-electron chi connectivity index (χ4n) is 1.83. The van der Waals surface area contributed by atoms with E-state index in [9.17, 15) is 18.4 Å². The number of carbonyl (C=O) groups is 2. The molecule has 0 unspecified atom stereocenters. The van der Waals surface area contributed by atoms with Crippen LogP contribution in [0.15, 0.2) is 42.5 Å². The Morgan fingerprint density at radius 2 is 1.91 bits per heavy atom. The Balaban J connectivity index is 2.01. The standard InChI is InChI=1S/C16H14F2N2O3/c17-11-3-1-2-10(6-11)9-23-12-4-5-13(14(18)7-12)16(22)20-8-15(19)21/h1-7H,8-9H2,(H2,19,21)(H,20,22). The second-order valence-electron chi connectivity index (χ2n) is 4.71. The van der Waals surface area contributed by atoms with Crippen LogP contribution in [0.4, 0.5) is 8.78 Å². The van der Waals surface area contributed by atoms with Gasteiger partial charge in [0, 0.05) is 6.07 Å². The monoisotopic (exact) mass is 320 g/mol. The fraction of sp³-hybridized carbons (Fsp3) is 0.125. The molecule has 0 saturated carbocycles. The van der Waals surface area contributed by atoms with E-state index in [-0.39, 0.29) is 24.5 Å². The molecule has 0 heterocycles. The molecule has 0 atom stereocenters. The third-order valence-corrected chi connectivity index (χ3v) is 2.90. The summed E-state index contributed by atoms with van der Waals surface area (Å²) < 4.78 is 32.3. The number of hydrogen-bond acceptors (Lipinski definition) is 3. The first-order valence-corrected chi connectivity index (χ1v) is 6.69. The van der Waals surface area contributed by atoms with Gasteiger partial charge in [0.1, 0.15) is 24.0 Å². The van der Waals surface area contributed by atoms with Crippen molar-refractivity contribution in [1.29, 1.82) is 0 Å². The van der Waals surface area contributed by atoms with Crippen molar-refractivity contribution in [3.63, 3.8) is 0 Å². The van der Waals surface area contributed by atoms with E-state index in [2.05, 4.69) is 5.32 Å². The molecule has 7 heteroatoms.